The minimum Gasteiger partial charge on any atom is -0.457 e. The second-order valence-corrected chi connectivity index (χ2v) is 14.3. The zero-order valence-corrected chi connectivity index (χ0v) is 31.4. The molecule has 0 aromatic carbocycles. The molecular weight excluding hydrogens is 613 g/mol. The first kappa shape index (κ1) is 45.2. The fourth-order valence-corrected chi connectivity index (χ4v) is 5.02. The first-order valence-electron chi connectivity index (χ1n) is 18.0. The van der Waals surface area contributed by atoms with E-state index in [4.69, 9.17) is 18.5 Å². The SMILES string of the molecule is CC/C=C\C/C=C\C/C=C\C/C=C\C/C=C\CCCCCCOCC(COP(=O)(O)OCC[N+](C)(C)C)OC(=O)CCCCCCC. The van der Waals surface area contributed by atoms with Gasteiger partial charge in [0.15, 0.2) is 0 Å². The monoisotopic (exact) mass is 682 g/mol. The Kier molecular flexibility index (Phi) is 30.3. The molecule has 0 rings (SSSR count). The molecule has 272 valence electrons. The summed E-state index contributed by atoms with van der Waals surface area (Å²) in [7, 11) is 1.63. The molecule has 47 heavy (non-hydrogen) atoms. The molecule has 0 aliphatic rings. The van der Waals surface area contributed by atoms with Crippen LogP contribution in [0.25, 0.3) is 0 Å². The maximum atomic E-state index is 12.4. The number of allylic oxidation sites excluding steroid dienone is 10. The Morgan fingerprint density at radius 2 is 1.23 bits per heavy atom. The highest BCUT2D eigenvalue weighted by Gasteiger charge is 2.26. The van der Waals surface area contributed by atoms with Crippen LogP contribution >= 0.6 is 7.82 Å². The van der Waals surface area contributed by atoms with E-state index < -0.39 is 13.9 Å². The summed E-state index contributed by atoms with van der Waals surface area (Å²) in [4.78, 5) is 22.5. The van der Waals surface area contributed by atoms with Gasteiger partial charge in [0.1, 0.15) is 19.3 Å². The van der Waals surface area contributed by atoms with Crippen LogP contribution < -0.4 is 0 Å². The Balaban J connectivity index is 4.20. The van der Waals surface area contributed by atoms with Crippen molar-refractivity contribution in [2.75, 3.05) is 54.1 Å². The number of ether oxygens (including phenoxy) is 2. The van der Waals surface area contributed by atoms with E-state index in [0.717, 1.165) is 96.3 Å². The normalized spacial score (nSPS) is 14.8. The van der Waals surface area contributed by atoms with E-state index >= 15 is 0 Å². The second kappa shape index (κ2) is 31.5. The number of hydrogen-bond donors (Lipinski definition) is 1. The van der Waals surface area contributed by atoms with Gasteiger partial charge >= 0.3 is 13.8 Å². The smallest absolute Gasteiger partial charge is 0.457 e. The number of quaternary nitrogens is 1. The molecule has 0 aromatic rings. The third-order valence-electron chi connectivity index (χ3n) is 7.09. The number of unbranched alkanes of at least 4 members (excludes halogenated alkanes) is 8. The van der Waals surface area contributed by atoms with Gasteiger partial charge < -0.3 is 18.9 Å². The summed E-state index contributed by atoms with van der Waals surface area (Å²) in [5.41, 5.74) is 0. The molecule has 0 saturated heterocycles. The Labute approximate surface area is 288 Å². The van der Waals surface area contributed by atoms with Crippen molar-refractivity contribution >= 4 is 13.8 Å². The molecule has 9 heteroatoms. The fourth-order valence-electron chi connectivity index (χ4n) is 4.28. The predicted molar refractivity (Wildman–Crippen MR) is 196 cm³/mol. The lowest BCUT2D eigenvalue weighted by Crippen LogP contribution is -2.37. The largest absolute Gasteiger partial charge is 0.472 e. The summed E-state index contributed by atoms with van der Waals surface area (Å²) in [6.45, 7) is 5.32. The average molecular weight is 683 g/mol. The number of phosphoric ester groups is 1. The summed E-state index contributed by atoms with van der Waals surface area (Å²) in [6, 6.07) is 0. The van der Waals surface area contributed by atoms with Crippen molar-refractivity contribution in [3.8, 4) is 0 Å². The maximum absolute atomic E-state index is 12.4. The highest BCUT2D eigenvalue weighted by Crippen LogP contribution is 2.43. The van der Waals surface area contributed by atoms with Crippen molar-refractivity contribution in [3.05, 3.63) is 60.8 Å². The van der Waals surface area contributed by atoms with Crippen LogP contribution in [0.5, 0.6) is 0 Å². The van der Waals surface area contributed by atoms with Crippen molar-refractivity contribution in [1.29, 1.82) is 0 Å². The molecule has 0 aliphatic carbocycles. The molecule has 0 heterocycles. The number of nitrogens with zero attached hydrogens (tertiary/aromatic N) is 1. The van der Waals surface area contributed by atoms with Crippen LogP contribution in [0.2, 0.25) is 0 Å². The van der Waals surface area contributed by atoms with Gasteiger partial charge in [0.25, 0.3) is 0 Å². The van der Waals surface area contributed by atoms with Crippen molar-refractivity contribution in [3.63, 3.8) is 0 Å². The van der Waals surface area contributed by atoms with E-state index in [0.29, 0.717) is 24.1 Å². The first-order chi connectivity index (χ1) is 22.6. The lowest BCUT2D eigenvalue weighted by Gasteiger charge is -2.24. The van der Waals surface area contributed by atoms with E-state index in [-0.39, 0.29) is 25.8 Å². The number of carbonyl (C=O) groups excluding carboxylic acids is 1. The predicted octanol–water partition coefficient (Wildman–Crippen LogP) is 9.82. The molecular formula is C38H69NO7P+. The van der Waals surface area contributed by atoms with Crippen LogP contribution in [-0.4, -0.2) is 75.6 Å². The third-order valence-corrected chi connectivity index (χ3v) is 8.08. The van der Waals surface area contributed by atoms with Gasteiger partial charge in [-0.25, -0.2) is 4.57 Å². The average Bonchev–Trinajstić information content (AvgIpc) is 3.01. The van der Waals surface area contributed by atoms with Gasteiger partial charge in [-0.15, -0.1) is 0 Å². The van der Waals surface area contributed by atoms with Crippen molar-refractivity contribution in [2.24, 2.45) is 0 Å². The van der Waals surface area contributed by atoms with E-state index in [1.54, 1.807) is 0 Å². The Morgan fingerprint density at radius 1 is 0.681 bits per heavy atom. The maximum Gasteiger partial charge on any atom is 0.472 e. The molecule has 0 saturated carbocycles. The number of phosphoric acid groups is 1. The quantitative estimate of drug-likeness (QED) is 0.0248. The van der Waals surface area contributed by atoms with Gasteiger partial charge in [0.05, 0.1) is 34.4 Å². The molecule has 2 unspecified atom stereocenters. The molecule has 0 radical (unpaired) electrons. The summed E-state index contributed by atoms with van der Waals surface area (Å²) in [5.74, 6) is -0.340. The van der Waals surface area contributed by atoms with Crippen molar-refractivity contribution < 1.29 is 37.3 Å². The topological polar surface area (TPSA) is 91.3 Å². The Hall–Kier alpha value is -1.80. The van der Waals surface area contributed by atoms with Crippen LogP contribution in [-0.2, 0) is 27.9 Å². The van der Waals surface area contributed by atoms with Crippen molar-refractivity contribution in [2.45, 2.75) is 123 Å². The lowest BCUT2D eigenvalue weighted by molar-refractivity contribution is -0.870. The third kappa shape index (κ3) is 35.3. The molecule has 0 aliphatic heterocycles. The summed E-state index contributed by atoms with van der Waals surface area (Å²) >= 11 is 0. The minimum atomic E-state index is -4.26. The van der Waals surface area contributed by atoms with E-state index in [1.165, 1.54) is 0 Å². The van der Waals surface area contributed by atoms with Gasteiger partial charge in [-0.1, -0.05) is 113 Å². The minimum absolute atomic E-state index is 0.0804. The zero-order valence-electron chi connectivity index (χ0n) is 30.5. The molecule has 0 fully saturated rings. The summed E-state index contributed by atoms with van der Waals surface area (Å²) in [5, 5.41) is 0. The van der Waals surface area contributed by atoms with E-state index in [2.05, 4.69) is 74.6 Å². The van der Waals surface area contributed by atoms with Gasteiger partial charge in [-0.3, -0.25) is 13.8 Å². The lowest BCUT2D eigenvalue weighted by atomic mass is 10.1. The number of carbonyl (C=O) groups is 1. The van der Waals surface area contributed by atoms with E-state index in [9.17, 15) is 14.3 Å². The van der Waals surface area contributed by atoms with Gasteiger partial charge in [-0.05, 0) is 57.8 Å². The Morgan fingerprint density at radius 3 is 1.83 bits per heavy atom. The Bertz CT molecular complexity index is 937. The molecule has 0 amide bonds. The number of hydrogen-bond acceptors (Lipinski definition) is 6. The molecule has 1 N–H and O–H groups in total. The highest BCUT2D eigenvalue weighted by molar-refractivity contribution is 7.47. The van der Waals surface area contributed by atoms with Crippen LogP contribution in [0.1, 0.15) is 117 Å². The molecule has 0 bridgehead atoms. The number of esters is 1. The van der Waals surface area contributed by atoms with E-state index in [1.807, 2.05) is 21.1 Å². The molecule has 8 nitrogen and oxygen atoms in total. The van der Waals surface area contributed by atoms with Crippen molar-refractivity contribution in [1.82, 2.24) is 0 Å². The van der Waals surface area contributed by atoms with Gasteiger partial charge in [-0.2, -0.15) is 0 Å². The summed E-state index contributed by atoms with van der Waals surface area (Å²) < 4.78 is 34.5. The second-order valence-electron chi connectivity index (χ2n) is 12.9. The number of rotatable bonds is 32. The van der Waals surface area contributed by atoms with Gasteiger partial charge in [0.2, 0.25) is 0 Å². The fraction of sp³-hybridized carbons (Fsp3) is 0.711. The highest BCUT2D eigenvalue weighted by atomic mass is 31.2. The molecule has 0 aromatic heterocycles. The van der Waals surface area contributed by atoms with Crippen LogP contribution in [0.15, 0.2) is 60.8 Å². The molecule has 0 spiro atoms. The van der Waals surface area contributed by atoms with Gasteiger partial charge in [0, 0.05) is 13.0 Å². The summed E-state index contributed by atoms with van der Waals surface area (Å²) in [6.07, 6.45) is 37.2. The van der Waals surface area contributed by atoms with Crippen LogP contribution in [0.3, 0.4) is 0 Å². The zero-order chi connectivity index (χ0) is 34.9. The van der Waals surface area contributed by atoms with Crippen LogP contribution in [0, 0.1) is 0 Å². The standard InChI is InChI=1S/C38H68NO7P/c1-6-8-10-12-13-14-15-16-17-18-19-20-21-22-23-24-25-26-28-30-33-43-35-37(46-38(40)31-29-27-11-9-7-2)36-45-47(41,42)44-34-32-39(3,4)5/h8,10,13-14,16-17,19-20,22-23,37H,6-7,9,11-12,15,18,21,24-36H2,1-5H3/p+1/b10-8-,14-13-,17-16-,20-19-,23-22-. The van der Waals surface area contributed by atoms with Crippen LogP contribution in [0.4, 0.5) is 0 Å². The number of likely N-dealkylation sites (N-methyl/N-ethyl adjacent to an activating group) is 1. The molecule has 2 atom stereocenters. The first-order valence-corrected chi connectivity index (χ1v) is 19.5.